The van der Waals surface area contributed by atoms with Crippen molar-refractivity contribution in [3.8, 4) is 11.3 Å². The molecule has 0 aliphatic carbocycles. The number of hydrogen-bond donors (Lipinski definition) is 1. The second-order valence-corrected chi connectivity index (χ2v) is 8.42. The molecule has 1 N–H and O–H groups in total. The van der Waals surface area contributed by atoms with Crippen LogP contribution in [0.1, 0.15) is 17.0 Å². The Bertz CT molecular complexity index is 1040. The minimum absolute atomic E-state index is 0.284. The summed E-state index contributed by atoms with van der Waals surface area (Å²) in [4.78, 5) is 0.284. The highest BCUT2D eigenvalue weighted by Crippen LogP contribution is 2.28. The zero-order chi connectivity index (χ0) is 18.3. The van der Waals surface area contributed by atoms with Gasteiger partial charge in [-0.15, -0.1) is 0 Å². The first-order chi connectivity index (χ1) is 12.5. The first kappa shape index (κ1) is 17.0. The van der Waals surface area contributed by atoms with E-state index in [2.05, 4.69) is 15.3 Å². The predicted octanol–water partition coefficient (Wildman–Crippen LogP) is 1.91. The smallest absolute Gasteiger partial charge is 0.246 e. The summed E-state index contributed by atoms with van der Waals surface area (Å²) in [7, 11) is -1.80. The lowest BCUT2D eigenvalue weighted by atomic mass is 10.0. The minimum atomic E-state index is -3.55. The van der Waals surface area contributed by atoms with Crippen molar-refractivity contribution in [1.29, 1.82) is 0 Å². The highest BCUT2D eigenvalue weighted by molar-refractivity contribution is 7.89. The van der Waals surface area contributed by atoms with Crippen LogP contribution in [-0.4, -0.2) is 45.8 Å². The molecule has 0 spiro atoms. The van der Waals surface area contributed by atoms with Gasteiger partial charge in [0.2, 0.25) is 10.0 Å². The number of nitrogens with zero attached hydrogens (tertiary/aromatic N) is 4. The molecule has 0 fully saturated rings. The Hall–Kier alpha value is -2.45. The molecule has 26 heavy (non-hydrogen) atoms. The molecule has 4 rings (SSSR count). The van der Waals surface area contributed by atoms with Gasteiger partial charge >= 0.3 is 0 Å². The summed E-state index contributed by atoms with van der Waals surface area (Å²) in [5, 5.41) is 11.6. The van der Waals surface area contributed by atoms with Crippen molar-refractivity contribution in [3.63, 3.8) is 0 Å². The molecule has 3 heterocycles. The van der Waals surface area contributed by atoms with Crippen LogP contribution in [0.3, 0.4) is 0 Å². The van der Waals surface area contributed by atoms with Gasteiger partial charge in [0.25, 0.3) is 0 Å². The van der Waals surface area contributed by atoms with Crippen LogP contribution in [0.5, 0.6) is 0 Å². The summed E-state index contributed by atoms with van der Waals surface area (Å²) in [6.07, 6.45) is 2.69. The van der Waals surface area contributed by atoms with Crippen LogP contribution < -0.4 is 0 Å². The van der Waals surface area contributed by atoms with Gasteiger partial charge in [0.1, 0.15) is 4.90 Å². The van der Waals surface area contributed by atoms with Crippen LogP contribution in [0.25, 0.3) is 11.3 Å². The monoisotopic (exact) mass is 371 g/mol. The fourth-order valence-corrected chi connectivity index (χ4v) is 5.04. The Kier molecular flexibility index (Phi) is 4.16. The van der Waals surface area contributed by atoms with Crippen molar-refractivity contribution in [2.45, 2.75) is 24.7 Å². The number of aromatic nitrogens is 4. The van der Waals surface area contributed by atoms with Crippen LogP contribution in [0.2, 0.25) is 0 Å². The zero-order valence-corrected chi connectivity index (χ0v) is 15.6. The Labute approximate surface area is 152 Å². The number of rotatable bonds is 3. The van der Waals surface area contributed by atoms with E-state index in [4.69, 9.17) is 0 Å². The maximum absolute atomic E-state index is 13.0. The van der Waals surface area contributed by atoms with E-state index in [1.54, 1.807) is 23.0 Å². The normalized spacial score (nSPS) is 15.6. The fraction of sp³-hybridized carbons (Fsp3) is 0.333. The molecule has 7 nitrogen and oxygen atoms in total. The lowest BCUT2D eigenvalue weighted by molar-refractivity contribution is 0.425. The molecule has 0 saturated heterocycles. The van der Waals surface area contributed by atoms with E-state index < -0.39 is 10.0 Å². The Morgan fingerprint density at radius 1 is 1.12 bits per heavy atom. The van der Waals surface area contributed by atoms with E-state index >= 15 is 0 Å². The molecule has 0 saturated carbocycles. The highest BCUT2D eigenvalue weighted by Gasteiger charge is 2.31. The summed E-state index contributed by atoms with van der Waals surface area (Å²) in [5.41, 5.74) is 4.74. The van der Waals surface area contributed by atoms with E-state index in [-0.39, 0.29) is 4.90 Å². The third-order valence-electron chi connectivity index (χ3n) is 5.03. The molecular formula is C18H21N5O2S. The number of H-pyrrole nitrogens is 1. The average molecular weight is 371 g/mol. The van der Waals surface area contributed by atoms with Gasteiger partial charge in [-0.2, -0.15) is 14.5 Å². The lowest BCUT2D eigenvalue weighted by Crippen LogP contribution is -2.33. The summed E-state index contributed by atoms with van der Waals surface area (Å²) in [6.45, 7) is 2.64. The maximum Gasteiger partial charge on any atom is 0.246 e. The predicted molar refractivity (Wildman–Crippen MR) is 98.1 cm³/mol. The molecule has 3 aromatic rings. The van der Waals surface area contributed by atoms with Gasteiger partial charge < -0.3 is 0 Å². The van der Waals surface area contributed by atoms with E-state index in [0.717, 1.165) is 22.5 Å². The van der Waals surface area contributed by atoms with Crippen molar-refractivity contribution in [2.75, 3.05) is 13.1 Å². The number of benzene rings is 1. The van der Waals surface area contributed by atoms with Crippen molar-refractivity contribution in [2.24, 2.45) is 7.05 Å². The summed E-state index contributed by atoms with van der Waals surface area (Å²) >= 11 is 0. The van der Waals surface area contributed by atoms with Crippen molar-refractivity contribution in [3.05, 3.63) is 53.5 Å². The number of aromatic amines is 1. The Morgan fingerprint density at radius 2 is 1.85 bits per heavy atom. The molecule has 0 bridgehead atoms. The van der Waals surface area contributed by atoms with Crippen molar-refractivity contribution < 1.29 is 8.42 Å². The van der Waals surface area contributed by atoms with Crippen molar-refractivity contribution in [1.82, 2.24) is 24.3 Å². The van der Waals surface area contributed by atoms with Crippen LogP contribution in [0, 0.1) is 6.92 Å². The van der Waals surface area contributed by atoms with E-state index in [1.807, 2.05) is 30.3 Å². The molecule has 0 radical (unpaired) electrons. The minimum Gasteiger partial charge on any atom is -0.282 e. The number of fused-ring (bicyclic) bond motifs is 1. The molecule has 1 aromatic carbocycles. The van der Waals surface area contributed by atoms with Gasteiger partial charge in [0.05, 0.1) is 17.6 Å². The summed E-state index contributed by atoms with van der Waals surface area (Å²) < 4.78 is 29.2. The number of aryl methyl sites for hydroxylation is 1. The van der Waals surface area contributed by atoms with Gasteiger partial charge in [-0.05, 0) is 13.3 Å². The third kappa shape index (κ3) is 2.75. The zero-order valence-electron chi connectivity index (χ0n) is 14.8. The SMILES string of the molecule is Cc1c(S(=O)(=O)N2CCc3[nH]nc(-c4ccccc4)c3CC2)cnn1C. The van der Waals surface area contributed by atoms with E-state index in [9.17, 15) is 8.42 Å². The van der Waals surface area contributed by atoms with Gasteiger partial charge in [-0.3, -0.25) is 9.78 Å². The maximum atomic E-state index is 13.0. The molecule has 0 atom stereocenters. The highest BCUT2D eigenvalue weighted by atomic mass is 32.2. The second-order valence-electron chi connectivity index (χ2n) is 6.52. The Morgan fingerprint density at radius 3 is 2.54 bits per heavy atom. The molecule has 1 aliphatic rings. The number of sulfonamides is 1. The fourth-order valence-electron chi connectivity index (χ4n) is 3.41. The van der Waals surface area contributed by atoms with Gasteiger partial charge in [0.15, 0.2) is 0 Å². The standard InChI is InChI=1S/C18H21N5O2S/c1-13-17(12-19-22(13)2)26(24,25)23-10-8-15-16(9-11-23)20-21-18(15)14-6-4-3-5-7-14/h3-7,12H,8-11H2,1-2H3,(H,20,21). The Balaban J connectivity index is 1.63. The topological polar surface area (TPSA) is 83.9 Å². The first-order valence-corrected chi connectivity index (χ1v) is 10.0. The van der Waals surface area contributed by atoms with Gasteiger partial charge in [-0.1, -0.05) is 30.3 Å². The molecule has 2 aromatic heterocycles. The van der Waals surface area contributed by atoms with Crippen molar-refractivity contribution >= 4 is 10.0 Å². The first-order valence-electron chi connectivity index (χ1n) is 8.59. The van der Waals surface area contributed by atoms with Gasteiger partial charge in [-0.25, -0.2) is 8.42 Å². The van der Waals surface area contributed by atoms with Crippen LogP contribution in [-0.2, 0) is 29.9 Å². The van der Waals surface area contributed by atoms with Crippen LogP contribution in [0.4, 0.5) is 0 Å². The quantitative estimate of drug-likeness (QED) is 0.762. The number of nitrogens with one attached hydrogen (secondary N) is 1. The largest absolute Gasteiger partial charge is 0.282 e. The lowest BCUT2D eigenvalue weighted by Gasteiger charge is -2.19. The van der Waals surface area contributed by atoms with Crippen LogP contribution >= 0.6 is 0 Å². The average Bonchev–Trinajstić information content (AvgIpc) is 3.12. The summed E-state index contributed by atoms with van der Waals surface area (Å²) in [6, 6.07) is 9.98. The molecule has 136 valence electrons. The molecule has 8 heteroatoms. The van der Waals surface area contributed by atoms with Gasteiger partial charge in [0, 0.05) is 43.4 Å². The molecule has 0 unspecified atom stereocenters. The number of hydrogen-bond acceptors (Lipinski definition) is 4. The van der Waals surface area contributed by atoms with E-state index in [1.165, 1.54) is 6.20 Å². The summed E-state index contributed by atoms with van der Waals surface area (Å²) in [5.74, 6) is 0. The second kappa shape index (κ2) is 6.37. The molecule has 1 aliphatic heterocycles. The molecular weight excluding hydrogens is 350 g/mol. The third-order valence-corrected chi connectivity index (χ3v) is 7.03. The molecule has 0 amide bonds. The van der Waals surface area contributed by atoms with E-state index in [0.29, 0.717) is 31.6 Å². The van der Waals surface area contributed by atoms with Crippen LogP contribution in [0.15, 0.2) is 41.4 Å².